The molecular formula is C10H21NO2. The maximum Gasteiger partial charge on any atom is 0.0771 e. The predicted octanol–water partition coefficient (Wildman–Crippen LogP) is 0.773. The highest BCUT2D eigenvalue weighted by Gasteiger charge is 2.13. The smallest absolute Gasteiger partial charge is 0.0771 e. The van der Waals surface area contributed by atoms with Crippen LogP contribution in [0.1, 0.15) is 26.2 Å². The van der Waals surface area contributed by atoms with Crippen LogP contribution >= 0.6 is 0 Å². The first-order valence-electron chi connectivity index (χ1n) is 5.29. The summed E-state index contributed by atoms with van der Waals surface area (Å²) in [4.78, 5) is 0. The third-order valence-corrected chi connectivity index (χ3v) is 2.53. The number of hydrogen-bond donors (Lipinski definition) is 2. The number of aliphatic hydroxyl groups is 1. The molecule has 1 aliphatic heterocycles. The van der Waals surface area contributed by atoms with E-state index in [1.165, 1.54) is 12.8 Å². The summed E-state index contributed by atoms with van der Waals surface area (Å²) < 4.78 is 5.44. The Kier molecular flexibility index (Phi) is 5.35. The van der Waals surface area contributed by atoms with Gasteiger partial charge >= 0.3 is 0 Å². The summed E-state index contributed by atoms with van der Waals surface area (Å²) in [5.41, 5.74) is 0. The number of ether oxygens (including phenoxy) is 1. The third-order valence-electron chi connectivity index (χ3n) is 2.53. The third kappa shape index (κ3) is 4.60. The molecule has 1 saturated heterocycles. The van der Waals surface area contributed by atoms with Crippen molar-refractivity contribution in [1.29, 1.82) is 0 Å². The first kappa shape index (κ1) is 11.0. The van der Waals surface area contributed by atoms with Gasteiger partial charge in [0.25, 0.3) is 0 Å². The van der Waals surface area contributed by atoms with E-state index in [4.69, 9.17) is 4.74 Å². The van der Waals surface area contributed by atoms with E-state index in [1.807, 2.05) is 6.92 Å². The molecule has 0 spiro atoms. The van der Waals surface area contributed by atoms with Gasteiger partial charge in [-0.3, -0.25) is 0 Å². The molecule has 0 radical (unpaired) electrons. The Balaban J connectivity index is 1.98. The minimum atomic E-state index is -0.281. The number of piperidine rings is 1. The van der Waals surface area contributed by atoms with Crippen LogP contribution in [0.25, 0.3) is 0 Å². The highest BCUT2D eigenvalue weighted by molar-refractivity contribution is 4.68. The molecule has 13 heavy (non-hydrogen) atoms. The summed E-state index contributed by atoms with van der Waals surface area (Å²) in [6.07, 6.45) is 3.01. The predicted molar refractivity (Wildman–Crippen MR) is 52.7 cm³/mol. The second-order valence-electron chi connectivity index (χ2n) is 3.81. The van der Waals surface area contributed by atoms with Gasteiger partial charge in [-0.05, 0) is 31.7 Å². The molecule has 0 saturated carbocycles. The normalized spacial score (nSPS) is 25.8. The van der Waals surface area contributed by atoms with Gasteiger partial charge in [-0.15, -0.1) is 0 Å². The van der Waals surface area contributed by atoms with Gasteiger partial charge < -0.3 is 15.2 Å². The summed E-state index contributed by atoms with van der Waals surface area (Å²) in [7, 11) is 0. The van der Waals surface area contributed by atoms with Gasteiger partial charge in [0.15, 0.2) is 0 Å². The highest BCUT2D eigenvalue weighted by atomic mass is 16.5. The fraction of sp³-hybridized carbons (Fsp3) is 1.00. The Hall–Kier alpha value is -0.120. The molecule has 1 aliphatic rings. The second-order valence-corrected chi connectivity index (χ2v) is 3.81. The molecule has 1 fully saturated rings. The molecule has 78 valence electrons. The van der Waals surface area contributed by atoms with Crippen LogP contribution in [-0.2, 0) is 4.74 Å². The molecule has 2 N–H and O–H groups in total. The lowest BCUT2D eigenvalue weighted by molar-refractivity contribution is 0.0163. The van der Waals surface area contributed by atoms with Crippen molar-refractivity contribution in [3.8, 4) is 0 Å². The first-order chi connectivity index (χ1) is 6.33. The van der Waals surface area contributed by atoms with Crippen molar-refractivity contribution < 1.29 is 9.84 Å². The van der Waals surface area contributed by atoms with Crippen molar-refractivity contribution in [3.05, 3.63) is 0 Å². The van der Waals surface area contributed by atoms with E-state index < -0.39 is 0 Å². The van der Waals surface area contributed by atoms with Gasteiger partial charge in [-0.1, -0.05) is 6.92 Å². The SMILES string of the molecule is CCC(O)COCC1CCCNC1. The molecule has 0 bridgehead atoms. The van der Waals surface area contributed by atoms with Crippen LogP contribution in [0.5, 0.6) is 0 Å². The Morgan fingerprint density at radius 1 is 1.62 bits per heavy atom. The number of rotatable bonds is 5. The standard InChI is InChI=1S/C10H21NO2/c1-2-10(12)8-13-7-9-4-3-5-11-6-9/h9-12H,2-8H2,1H3. The van der Waals surface area contributed by atoms with Gasteiger partial charge in [0.05, 0.1) is 19.3 Å². The van der Waals surface area contributed by atoms with Crippen LogP contribution in [0.3, 0.4) is 0 Å². The topological polar surface area (TPSA) is 41.5 Å². The van der Waals surface area contributed by atoms with E-state index in [9.17, 15) is 5.11 Å². The second kappa shape index (κ2) is 6.35. The van der Waals surface area contributed by atoms with Crippen molar-refractivity contribution in [2.75, 3.05) is 26.3 Å². The minimum Gasteiger partial charge on any atom is -0.391 e. The fourth-order valence-corrected chi connectivity index (χ4v) is 1.55. The molecule has 1 rings (SSSR count). The average Bonchev–Trinajstić information content (AvgIpc) is 2.19. The lowest BCUT2D eigenvalue weighted by Crippen LogP contribution is -2.33. The van der Waals surface area contributed by atoms with Gasteiger partial charge in [-0.25, -0.2) is 0 Å². The van der Waals surface area contributed by atoms with Gasteiger partial charge in [0.2, 0.25) is 0 Å². The van der Waals surface area contributed by atoms with Gasteiger partial charge in [0.1, 0.15) is 0 Å². The Morgan fingerprint density at radius 2 is 2.46 bits per heavy atom. The number of hydrogen-bond acceptors (Lipinski definition) is 3. The maximum atomic E-state index is 9.25. The van der Waals surface area contributed by atoms with Crippen molar-refractivity contribution in [2.45, 2.75) is 32.3 Å². The first-order valence-corrected chi connectivity index (χ1v) is 5.29. The summed E-state index contributed by atoms with van der Waals surface area (Å²) >= 11 is 0. The van der Waals surface area contributed by atoms with E-state index in [1.54, 1.807) is 0 Å². The summed E-state index contributed by atoms with van der Waals surface area (Å²) in [6.45, 7) is 5.48. The van der Waals surface area contributed by atoms with Crippen LogP contribution < -0.4 is 5.32 Å². The average molecular weight is 187 g/mol. The van der Waals surface area contributed by atoms with Crippen LogP contribution in [-0.4, -0.2) is 37.5 Å². The largest absolute Gasteiger partial charge is 0.391 e. The number of nitrogens with one attached hydrogen (secondary N) is 1. The van der Waals surface area contributed by atoms with Crippen molar-refractivity contribution in [2.24, 2.45) is 5.92 Å². The van der Waals surface area contributed by atoms with E-state index in [2.05, 4.69) is 5.32 Å². The molecule has 0 aliphatic carbocycles. The van der Waals surface area contributed by atoms with Crippen LogP contribution in [0.2, 0.25) is 0 Å². The van der Waals surface area contributed by atoms with E-state index in [0.29, 0.717) is 12.5 Å². The quantitative estimate of drug-likeness (QED) is 0.668. The molecule has 2 unspecified atom stereocenters. The lowest BCUT2D eigenvalue weighted by Gasteiger charge is -2.22. The van der Waals surface area contributed by atoms with Crippen molar-refractivity contribution in [3.63, 3.8) is 0 Å². The van der Waals surface area contributed by atoms with Crippen LogP contribution in [0.15, 0.2) is 0 Å². The van der Waals surface area contributed by atoms with Crippen molar-refractivity contribution >= 4 is 0 Å². The fourth-order valence-electron chi connectivity index (χ4n) is 1.55. The zero-order valence-corrected chi connectivity index (χ0v) is 8.46. The Bertz CT molecular complexity index is 124. The van der Waals surface area contributed by atoms with Crippen molar-refractivity contribution in [1.82, 2.24) is 5.32 Å². The Labute approximate surface area is 80.5 Å². The van der Waals surface area contributed by atoms with E-state index in [0.717, 1.165) is 26.1 Å². The Morgan fingerprint density at radius 3 is 3.08 bits per heavy atom. The van der Waals surface area contributed by atoms with Crippen LogP contribution in [0.4, 0.5) is 0 Å². The van der Waals surface area contributed by atoms with Gasteiger partial charge in [0, 0.05) is 6.54 Å². The minimum absolute atomic E-state index is 0.281. The molecule has 3 nitrogen and oxygen atoms in total. The summed E-state index contributed by atoms with van der Waals surface area (Å²) in [6, 6.07) is 0. The zero-order chi connectivity index (χ0) is 9.52. The monoisotopic (exact) mass is 187 g/mol. The molecular weight excluding hydrogens is 166 g/mol. The maximum absolute atomic E-state index is 9.25. The lowest BCUT2D eigenvalue weighted by atomic mass is 10.0. The summed E-state index contributed by atoms with van der Waals surface area (Å²) in [5, 5.41) is 12.6. The molecule has 0 aromatic rings. The molecule has 0 amide bonds. The number of aliphatic hydroxyl groups excluding tert-OH is 1. The zero-order valence-electron chi connectivity index (χ0n) is 8.46. The molecule has 3 heteroatoms. The molecule has 2 atom stereocenters. The van der Waals surface area contributed by atoms with Crippen LogP contribution in [0, 0.1) is 5.92 Å². The van der Waals surface area contributed by atoms with Gasteiger partial charge in [-0.2, -0.15) is 0 Å². The molecule has 1 heterocycles. The molecule has 0 aromatic heterocycles. The van der Waals surface area contributed by atoms with E-state index in [-0.39, 0.29) is 6.10 Å². The molecule has 0 aromatic carbocycles. The highest BCUT2D eigenvalue weighted by Crippen LogP contribution is 2.10. The van der Waals surface area contributed by atoms with E-state index >= 15 is 0 Å². The summed E-state index contributed by atoms with van der Waals surface area (Å²) in [5.74, 6) is 0.651.